The van der Waals surface area contributed by atoms with Gasteiger partial charge in [0.2, 0.25) is 0 Å². The van der Waals surface area contributed by atoms with Gasteiger partial charge in [-0.15, -0.1) is 0 Å². The fourth-order valence-corrected chi connectivity index (χ4v) is 2.72. The van der Waals surface area contributed by atoms with E-state index in [0.717, 1.165) is 11.3 Å². The number of carbonyl (C=O) groups is 1. The Labute approximate surface area is 123 Å². The van der Waals surface area contributed by atoms with Crippen molar-refractivity contribution in [3.05, 3.63) is 47.8 Å². The smallest absolute Gasteiger partial charge is 0.255 e. The summed E-state index contributed by atoms with van der Waals surface area (Å²) in [5, 5.41) is 0. The molecule has 6 heteroatoms. The summed E-state index contributed by atoms with van der Waals surface area (Å²) in [4.78, 5) is 22.8. The normalized spacial score (nSPS) is 17.6. The molecule has 0 fully saturated rings. The summed E-state index contributed by atoms with van der Waals surface area (Å²) in [7, 11) is 1.67. The number of aromatic nitrogens is 3. The van der Waals surface area contributed by atoms with Crippen molar-refractivity contribution in [1.29, 1.82) is 0 Å². The van der Waals surface area contributed by atoms with Gasteiger partial charge in [0.15, 0.2) is 0 Å². The summed E-state index contributed by atoms with van der Waals surface area (Å²) >= 11 is 0. The SMILES string of the molecule is COCC1CN(C(=O)c2cncc(C)c2)Cc2cncn21. The summed E-state index contributed by atoms with van der Waals surface area (Å²) in [6.07, 6.45) is 6.97. The summed E-state index contributed by atoms with van der Waals surface area (Å²) < 4.78 is 7.35. The van der Waals surface area contributed by atoms with Crippen LogP contribution in [0.2, 0.25) is 0 Å². The number of fused-ring (bicyclic) bond motifs is 1. The molecule has 1 atom stereocenters. The molecule has 2 aromatic rings. The lowest BCUT2D eigenvalue weighted by atomic mass is 10.1. The summed E-state index contributed by atoms with van der Waals surface area (Å²) in [6, 6.07) is 1.97. The van der Waals surface area contributed by atoms with Crippen LogP contribution in [-0.4, -0.2) is 45.6 Å². The molecule has 1 unspecified atom stereocenters. The van der Waals surface area contributed by atoms with Crippen LogP contribution in [-0.2, 0) is 11.3 Å². The number of imidazole rings is 1. The third-order valence-electron chi connectivity index (χ3n) is 3.69. The van der Waals surface area contributed by atoms with E-state index in [4.69, 9.17) is 4.74 Å². The van der Waals surface area contributed by atoms with Crippen LogP contribution in [0.4, 0.5) is 0 Å². The second kappa shape index (κ2) is 5.65. The van der Waals surface area contributed by atoms with Gasteiger partial charge in [-0.25, -0.2) is 4.98 Å². The van der Waals surface area contributed by atoms with Crippen LogP contribution >= 0.6 is 0 Å². The number of nitrogens with zero attached hydrogens (tertiary/aromatic N) is 4. The third-order valence-corrected chi connectivity index (χ3v) is 3.69. The van der Waals surface area contributed by atoms with Gasteiger partial charge in [0.05, 0.1) is 36.8 Å². The number of methoxy groups -OCH3 is 1. The van der Waals surface area contributed by atoms with Crippen molar-refractivity contribution in [3.8, 4) is 0 Å². The zero-order valence-corrected chi connectivity index (χ0v) is 12.2. The van der Waals surface area contributed by atoms with Gasteiger partial charge in [0.25, 0.3) is 5.91 Å². The fourth-order valence-electron chi connectivity index (χ4n) is 2.72. The number of hydrogen-bond donors (Lipinski definition) is 0. The van der Waals surface area contributed by atoms with Crippen molar-refractivity contribution in [1.82, 2.24) is 19.4 Å². The minimum absolute atomic E-state index is 0.000229. The molecule has 3 heterocycles. The van der Waals surface area contributed by atoms with Crippen LogP contribution in [0, 0.1) is 6.92 Å². The number of rotatable bonds is 3. The number of ether oxygens (including phenoxy) is 1. The van der Waals surface area contributed by atoms with Gasteiger partial charge in [-0.3, -0.25) is 9.78 Å². The minimum Gasteiger partial charge on any atom is -0.382 e. The highest BCUT2D eigenvalue weighted by atomic mass is 16.5. The maximum atomic E-state index is 12.6. The highest BCUT2D eigenvalue weighted by Crippen LogP contribution is 2.22. The first-order valence-electron chi connectivity index (χ1n) is 6.89. The molecule has 1 amide bonds. The van der Waals surface area contributed by atoms with Gasteiger partial charge in [-0.2, -0.15) is 0 Å². The zero-order chi connectivity index (χ0) is 14.8. The quantitative estimate of drug-likeness (QED) is 0.856. The summed E-state index contributed by atoms with van der Waals surface area (Å²) in [5.41, 5.74) is 2.63. The van der Waals surface area contributed by atoms with E-state index >= 15 is 0 Å². The van der Waals surface area contributed by atoms with Gasteiger partial charge in [0, 0.05) is 32.2 Å². The van der Waals surface area contributed by atoms with E-state index < -0.39 is 0 Å². The topological polar surface area (TPSA) is 60.2 Å². The minimum atomic E-state index is -0.000229. The van der Waals surface area contributed by atoms with E-state index in [1.165, 1.54) is 0 Å². The average molecular weight is 286 g/mol. The second-order valence-corrected chi connectivity index (χ2v) is 5.34. The Morgan fingerprint density at radius 2 is 2.24 bits per heavy atom. The lowest BCUT2D eigenvalue weighted by Crippen LogP contribution is -2.42. The first kappa shape index (κ1) is 13.8. The van der Waals surface area contributed by atoms with Crippen molar-refractivity contribution >= 4 is 5.91 Å². The van der Waals surface area contributed by atoms with Crippen LogP contribution in [0.15, 0.2) is 31.0 Å². The molecule has 3 rings (SSSR count). The monoisotopic (exact) mass is 286 g/mol. The van der Waals surface area contributed by atoms with Crippen molar-refractivity contribution in [2.75, 3.05) is 20.3 Å². The molecule has 1 aliphatic heterocycles. The second-order valence-electron chi connectivity index (χ2n) is 5.34. The van der Waals surface area contributed by atoms with E-state index in [9.17, 15) is 4.79 Å². The summed E-state index contributed by atoms with van der Waals surface area (Å²) in [5.74, 6) is -0.000229. The number of hydrogen-bond acceptors (Lipinski definition) is 4. The Morgan fingerprint density at radius 1 is 1.38 bits per heavy atom. The van der Waals surface area contributed by atoms with Crippen molar-refractivity contribution < 1.29 is 9.53 Å². The Hall–Kier alpha value is -2.21. The highest BCUT2D eigenvalue weighted by molar-refractivity contribution is 5.94. The predicted octanol–water partition coefficient (Wildman–Crippen LogP) is 1.43. The Bertz CT molecular complexity index is 653. The maximum absolute atomic E-state index is 12.6. The zero-order valence-electron chi connectivity index (χ0n) is 12.2. The molecule has 21 heavy (non-hydrogen) atoms. The van der Waals surface area contributed by atoms with Crippen molar-refractivity contribution in [3.63, 3.8) is 0 Å². The maximum Gasteiger partial charge on any atom is 0.255 e. The average Bonchev–Trinajstić information content (AvgIpc) is 2.95. The molecule has 0 N–H and O–H groups in total. The van der Waals surface area contributed by atoms with E-state index in [1.807, 2.05) is 17.9 Å². The number of aryl methyl sites for hydroxylation is 1. The first-order valence-corrected chi connectivity index (χ1v) is 6.89. The lowest BCUT2D eigenvalue weighted by Gasteiger charge is -2.34. The first-order chi connectivity index (χ1) is 10.2. The number of pyridine rings is 1. The highest BCUT2D eigenvalue weighted by Gasteiger charge is 2.28. The van der Waals surface area contributed by atoms with Crippen LogP contribution in [0.1, 0.15) is 27.7 Å². The van der Waals surface area contributed by atoms with Crippen molar-refractivity contribution in [2.45, 2.75) is 19.5 Å². The van der Waals surface area contributed by atoms with Gasteiger partial charge in [-0.1, -0.05) is 0 Å². The molecular formula is C15H18N4O2. The molecular weight excluding hydrogens is 268 g/mol. The molecule has 2 aromatic heterocycles. The fraction of sp³-hybridized carbons (Fsp3) is 0.400. The Kier molecular flexibility index (Phi) is 3.70. The summed E-state index contributed by atoms with van der Waals surface area (Å²) in [6.45, 7) is 3.67. The van der Waals surface area contributed by atoms with Gasteiger partial charge >= 0.3 is 0 Å². The van der Waals surface area contributed by atoms with Crippen molar-refractivity contribution in [2.24, 2.45) is 0 Å². The molecule has 0 aromatic carbocycles. The van der Waals surface area contributed by atoms with E-state index in [2.05, 4.69) is 14.5 Å². The predicted molar refractivity (Wildman–Crippen MR) is 76.9 cm³/mol. The van der Waals surface area contributed by atoms with Gasteiger partial charge in [0.1, 0.15) is 0 Å². The van der Waals surface area contributed by atoms with Crippen LogP contribution in [0.25, 0.3) is 0 Å². The third kappa shape index (κ3) is 2.67. The molecule has 0 saturated carbocycles. The Balaban J connectivity index is 1.85. The molecule has 0 aliphatic carbocycles. The molecule has 6 nitrogen and oxygen atoms in total. The molecule has 0 radical (unpaired) electrons. The van der Waals surface area contributed by atoms with E-state index in [0.29, 0.717) is 25.3 Å². The standard InChI is InChI=1S/C15H18N4O2/c1-11-3-12(5-16-4-11)15(20)18-7-13-6-17-10-19(13)14(8-18)9-21-2/h3-6,10,14H,7-9H2,1-2H3. The lowest BCUT2D eigenvalue weighted by molar-refractivity contribution is 0.0599. The van der Waals surface area contributed by atoms with Gasteiger partial charge < -0.3 is 14.2 Å². The number of carbonyl (C=O) groups excluding carboxylic acids is 1. The molecule has 0 saturated heterocycles. The molecule has 110 valence electrons. The van der Waals surface area contributed by atoms with E-state index in [-0.39, 0.29) is 11.9 Å². The van der Waals surface area contributed by atoms with E-state index in [1.54, 1.807) is 32.0 Å². The van der Waals surface area contributed by atoms with Gasteiger partial charge in [-0.05, 0) is 18.6 Å². The van der Waals surface area contributed by atoms with Crippen LogP contribution in [0.5, 0.6) is 0 Å². The largest absolute Gasteiger partial charge is 0.382 e. The number of amides is 1. The van der Waals surface area contributed by atoms with Crippen LogP contribution < -0.4 is 0 Å². The van der Waals surface area contributed by atoms with Crippen LogP contribution in [0.3, 0.4) is 0 Å². The Morgan fingerprint density at radius 3 is 3.00 bits per heavy atom. The molecule has 0 spiro atoms. The molecule has 1 aliphatic rings. The molecule has 0 bridgehead atoms.